The quantitative estimate of drug-likeness (QED) is 0.720. The molecule has 2 amide bonds. The molecule has 1 heterocycles. The summed E-state index contributed by atoms with van der Waals surface area (Å²) in [7, 11) is 3.31. The van der Waals surface area contributed by atoms with E-state index in [4.69, 9.17) is 0 Å². The second kappa shape index (κ2) is 8.47. The first-order chi connectivity index (χ1) is 13.8. The highest BCUT2D eigenvalue weighted by Crippen LogP contribution is 2.16. The molecule has 0 bridgehead atoms. The fourth-order valence-electron chi connectivity index (χ4n) is 2.63. The van der Waals surface area contributed by atoms with Crippen molar-refractivity contribution in [1.82, 2.24) is 14.7 Å². The SMILES string of the molecule is CN(C)C(=O)c1ccc(NC(=O)Cn2nc(-c3ccc(F)cc3)ccc2=O)cc1. The largest absolute Gasteiger partial charge is 0.345 e. The highest BCUT2D eigenvalue weighted by Gasteiger charge is 2.10. The summed E-state index contributed by atoms with van der Waals surface area (Å²) in [6.45, 7) is -0.285. The number of halogens is 1. The number of nitrogens with one attached hydrogen (secondary N) is 1. The van der Waals surface area contributed by atoms with Crippen molar-refractivity contribution in [3.63, 3.8) is 0 Å². The number of carbonyl (C=O) groups is 2. The number of amides is 2. The molecule has 2 aromatic carbocycles. The molecular weight excluding hydrogens is 375 g/mol. The van der Waals surface area contributed by atoms with E-state index in [9.17, 15) is 18.8 Å². The van der Waals surface area contributed by atoms with Crippen molar-refractivity contribution in [1.29, 1.82) is 0 Å². The molecule has 29 heavy (non-hydrogen) atoms. The molecule has 0 aliphatic heterocycles. The average Bonchev–Trinajstić information content (AvgIpc) is 2.70. The normalized spacial score (nSPS) is 10.4. The first kappa shape index (κ1) is 19.9. The van der Waals surface area contributed by atoms with Gasteiger partial charge in [-0.15, -0.1) is 0 Å². The van der Waals surface area contributed by atoms with Crippen LogP contribution in [0.25, 0.3) is 11.3 Å². The number of rotatable bonds is 5. The van der Waals surface area contributed by atoms with Gasteiger partial charge in [-0.1, -0.05) is 0 Å². The molecule has 0 saturated carbocycles. The summed E-state index contributed by atoms with van der Waals surface area (Å²) in [5.74, 6) is -0.960. The van der Waals surface area contributed by atoms with Crippen LogP contribution in [-0.2, 0) is 11.3 Å². The summed E-state index contributed by atoms with van der Waals surface area (Å²) in [6, 6.07) is 14.9. The van der Waals surface area contributed by atoms with Gasteiger partial charge in [0.1, 0.15) is 12.4 Å². The van der Waals surface area contributed by atoms with E-state index >= 15 is 0 Å². The minimum Gasteiger partial charge on any atom is -0.345 e. The maximum Gasteiger partial charge on any atom is 0.267 e. The molecule has 0 saturated heterocycles. The van der Waals surface area contributed by atoms with Crippen molar-refractivity contribution in [2.45, 2.75) is 6.54 Å². The average molecular weight is 394 g/mol. The van der Waals surface area contributed by atoms with Gasteiger partial charge in [0.05, 0.1) is 5.69 Å². The topological polar surface area (TPSA) is 84.3 Å². The van der Waals surface area contributed by atoms with Crippen LogP contribution in [0.5, 0.6) is 0 Å². The molecule has 7 nitrogen and oxygen atoms in total. The van der Waals surface area contributed by atoms with Gasteiger partial charge >= 0.3 is 0 Å². The molecule has 148 valence electrons. The first-order valence-corrected chi connectivity index (χ1v) is 8.79. The Hall–Kier alpha value is -3.81. The van der Waals surface area contributed by atoms with Crippen molar-refractivity contribution in [2.75, 3.05) is 19.4 Å². The lowest BCUT2D eigenvalue weighted by Gasteiger charge is -2.11. The first-order valence-electron chi connectivity index (χ1n) is 8.79. The fraction of sp³-hybridized carbons (Fsp3) is 0.143. The predicted octanol–water partition coefficient (Wildman–Crippen LogP) is 2.39. The summed E-state index contributed by atoms with van der Waals surface area (Å²) < 4.78 is 14.1. The number of anilines is 1. The number of hydrogen-bond donors (Lipinski definition) is 1. The van der Waals surface area contributed by atoms with Gasteiger partial charge in [-0.2, -0.15) is 5.10 Å². The number of benzene rings is 2. The van der Waals surface area contributed by atoms with Gasteiger partial charge in [-0.05, 0) is 54.6 Å². The number of aromatic nitrogens is 2. The van der Waals surface area contributed by atoms with E-state index in [2.05, 4.69) is 10.4 Å². The van der Waals surface area contributed by atoms with Gasteiger partial charge in [-0.25, -0.2) is 9.07 Å². The maximum absolute atomic E-state index is 13.1. The number of hydrogen-bond acceptors (Lipinski definition) is 4. The zero-order valence-electron chi connectivity index (χ0n) is 15.9. The van der Waals surface area contributed by atoms with E-state index in [1.165, 1.54) is 29.2 Å². The van der Waals surface area contributed by atoms with Crippen molar-refractivity contribution in [3.05, 3.63) is 82.4 Å². The minimum absolute atomic E-state index is 0.142. The molecule has 8 heteroatoms. The van der Waals surface area contributed by atoms with Crippen LogP contribution in [-0.4, -0.2) is 40.6 Å². The van der Waals surface area contributed by atoms with Gasteiger partial charge in [0.25, 0.3) is 11.5 Å². The Morgan fingerprint density at radius 2 is 1.66 bits per heavy atom. The van der Waals surface area contributed by atoms with Crippen LogP contribution in [0.2, 0.25) is 0 Å². The van der Waals surface area contributed by atoms with Crippen molar-refractivity contribution >= 4 is 17.5 Å². The summed E-state index contributed by atoms with van der Waals surface area (Å²) in [5, 5.41) is 6.85. The third-order valence-corrected chi connectivity index (χ3v) is 4.12. The van der Waals surface area contributed by atoms with Crippen LogP contribution >= 0.6 is 0 Å². The van der Waals surface area contributed by atoms with Crippen molar-refractivity contribution in [3.8, 4) is 11.3 Å². The summed E-state index contributed by atoms with van der Waals surface area (Å²) in [6.07, 6.45) is 0. The molecule has 0 atom stereocenters. The Kier molecular flexibility index (Phi) is 5.82. The van der Waals surface area contributed by atoms with Crippen LogP contribution in [0.15, 0.2) is 65.5 Å². The highest BCUT2D eigenvalue weighted by atomic mass is 19.1. The molecule has 0 aliphatic rings. The van der Waals surface area contributed by atoms with E-state index in [-0.39, 0.29) is 18.3 Å². The lowest BCUT2D eigenvalue weighted by Crippen LogP contribution is -2.29. The zero-order valence-corrected chi connectivity index (χ0v) is 15.9. The molecule has 0 spiro atoms. The molecule has 1 aromatic heterocycles. The highest BCUT2D eigenvalue weighted by molar-refractivity contribution is 5.95. The Balaban J connectivity index is 1.72. The number of carbonyl (C=O) groups excluding carboxylic acids is 2. The van der Waals surface area contributed by atoms with E-state index in [1.54, 1.807) is 50.5 Å². The van der Waals surface area contributed by atoms with E-state index in [0.717, 1.165) is 4.68 Å². The fourth-order valence-corrected chi connectivity index (χ4v) is 2.63. The minimum atomic E-state index is -0.442. The summed E-state index contributed by atoms with van der Waals surface area (Å²) in [4.78, 5) is 37.7. The lowest BCUT2D eigenvalue weighted by molar-refractivity contribution is -0.117. The van der Waals surface area contributed by atoms with Crippen LogP contribution in [0.3, 0.4) is 0 Å². The predicted molar refractivity (Wildman–Crippen MR) is 107 cm³/mol. The number of nitrogens with zero attached hydrogens (tertiary/aromatic N) is 3. The summed E-state index contributed by atoms with van der Waals surface area (Å²) >= 11 is 0. The third kappa shape index (κ3) is 4.92. The molecule has 0 fully saturated rings. The molecule has 0 aliphatic carbocycles. The van der Waals surface area contributed by atoms with Gasteiger partial charge in [0.15, 0.2) is 0 Å². The molecule has 3 aromatic rings. The Morgan fingerprint density at radius 1 is 1.00 bits per heavy atom. The second-order valence-corrected chi connectivity index (χ2v) is 6.55. The van der Waals surface area contributed by atoms with Gasteiger partial charge in [0.2, 0.25) is 5.91 Å². The second-order valence-electron chi connectivity index (χ2n) is 6.55. The van der Waals surface area contributed by atoms with Crippen LogP contribution in [0.4, 0.5) is 10.1 Å². The van der Waals surface area contributed by atoms with Gasteiger partial charge in [-0.3, -0.25) is 14.4 Å². The Labute approximate surface area is 166 Å². The molecular formula is C21H19FN4O3. The van der Waals surface area contributed by atoms with Crippen LogP contribution in [0.1, 0.15) is 10.4 Å². The van der Waals surface area contributed by atoms with Crippen LogP contribution < -0.4 is 10.9 Å². The van der Waals surface area contributed by atoms with E-state index in [1.807, 2.05) is 0 Å². The monoisotopic (exact) mass is 394 g/mol. The van der Waals surface area contributed by atoms with E-state index in [0.29, 0.717) is 22.5 Å². The molecule has 1 N–H and O–H groups in total. The molecule has 3 rings (SSSR count). The third-order valence-electron chi connectivity index (χ3n) is 4.12. The smallest absolute Gasteiger partial charge is 0.267 e. The van der Waals surface area contributed by atoms with Gasteiger partial charge in [0, 0.05) is 37.0 Å². The lowest BCUT2D eigenvalue weighted by atomic mass is 10.1. The molecule has 0 unspecified atom stereocenters. The molecule has 0 radical (unpaired) electrons. The zero-order chi connectivity index (χ0) is 21.0. The Bertz CT molecular complexity index is 1090. The van der Waals surface area contributed by atoms with Crippen molar-refractivity contribution < 1.29 is 14.0 Å². The maximum atomic E-state index is 13.1. The Morgan fingerprint density at radius 3 is 2.28 bits per heavy atom. The summed E-state index contributed by atoms with van der Waals surface area (Å²) in [5.41, 5.74) is 1.63. The van der Waals surface area contributed by atoms with Gasteiger partial charge < -0.3 is 10.2 Å². The standard InChI is InChI=1S/C21H19FN4O3/c1-25(2)21(29)15-5-9-17(10-6-15)23-19(27)13-26-20(28)12-11-18(24-26)14-3-7-16(22)8-4-14/h3-12H,13H2,1-2H3,(H,23,27). The van der Waals surface area contributed by atoms with Crippen molar-refractivity contribution in [2.24, 2.45) is 0 Å². The van der Waals surface area contributed by atoms with Crippen LogP contribution in [0, 0.1) is 5.82 Å². The van der Waals surface area contributed by atoms with E-state index < -0.39 is 11.5 Å².